The van der Waals surface area contributed by atoms with E-state index in [0.717, 1.165) is 6.42 Å². The Morgan fingerprint density at radius 1 is 1.26 bits per heavy atom. The standard InChI is InChI=1S/C14H22N2OS.ClH/c1-10(2)18-13-6-4-12(5-7-13)14(17)16-9-8-11(3)15;/h4-7,10-11H,8-9,15H2,1-3H3,(H,16,17);1H. The number of halogens is 1. The highest BCUT2D eigenvalue weighted by molar-refractivity contribution is 7.99. The van der Waals surface area contributed by atoms with Gasteiger partial charge in [-0.25, -0.2) is 0 Å². The molecule has 0 spiro atoms. The quantitative estimate of drug-likeness (QED) is 0.794. The topological polar surface area (TPSA) is 55.1 Å². The van der Waals surface area contributed by atoms with Crippen LogP contribution in [0.4, 0.5) is 0 Å². The van der Waals surface area contributed by atoms with Crippen molar-refractivity contribution in [3.63, 3.8) is 0 Å². The molecule has 19 heavy (non-hydrogen) atoms. The highest BCUT2D eigenvalue weighted by Gasteiger charge is 2.06. The highest BCUT2D eigenvalue weighted by Crippen LogP contribution is 2.22. The van der Waals surface area contributed by atoms with Gasteiger partial charge in [-0.15, -0.1) is 24.2 Å². The van der Waals surface area contributed by atoms with Crippen LogP contribution in [0.15, 0.2) is 29.2 Å². The second-order valence-electron chi connectivity index (χ2n) is 4.71. The lowest BCUT2D eigenvalue weighted by Gasteiger charge is -2.08. The van der Waals surface area contributed by atoms with Crippen LogP contribution in [0.1, 0.15) is 37.6 Å². The van der Waals surface area contributed by atoms with Crippen molar-refractivity contribution in [1.82, 2.24) is 5.32 Å². The van der Waals surface area contributed by atoms with E-state index in [2.05, 4.69) is 19.2 Å². The van der Waals surface area contributed by atoms with Crippen molar-refractivity contribution in [2.75, 3.05) is 6.54 Å². The third-order valence-electron chi connectivity index (χ3n) is 2.37. The molecule has 0 aliphatic rings. The van der Waals surface area contributed by atoms with Gasteiger partial charge in [0.05, 0.1) is 0 Å². The molecule has 1 atom stereocenters. The first-order valence-corrected chi connectivity index (χ1v) is 7.17. The maximum atomic E-state index is 11.8. The minimum atomic E-state index is -0.0308. The summed E-state index contributed by atoms with van der Waals surface area (Å²) in [5, 5.41) is 3.42. The maximum absolute atomic E-state index is 11.8. The molecule has 0 aromatic heterocycles. The van der Waals surface area contributed by atoms with Crippen LogP contribution < -0.4 is 11.1 Å². The third-order valence-corrected chi connectivity index (χ3v) is 3.39. The molecule has 1 aromatic rings. The summed E-state index contributed by atoms with van der Waals surface area (Å²) in [6.07, 6.45) is 0.799. The molecule has 1 aromatic carbocycles. The van der Waals surface area contributed by atoms with Gasteiger partial charge in [0, 0.05) is 28.3 Å². The summed E-state index contributed by atoms with van der Waals surface area (Å²) in [5.41, 5.74) is 6.33. The molecular weight excluding hydrogens is 280 g/mol. The first kappa shape index (κ1) is 18.3. The molecule has 1 unspecified atom stereocenters. The van der Waals surface area contributed by atoms with Gasteiger partial charge in [-0.05, 0) is 37.6 Å². The van der Waals surface area contributed by atoms with Crippen molar-refractivity contribution in [2.45, 2.75) is 43.4 Å². The number of nitrogens with two attached hydrogens (primary N) is 1. The molecule has 5 heteroatoms. The molecule has 0 radical (unpaired) electrons. The third kappa shape index (κ3) is 7.45. The molecule has 0 aliphatic carbocycles. The molecule has 3 nitrogen and oxygen atoms in total. The van der Waals surface area contributed by atoms with Gasteiger partial charge in [-0.1, -0.05) is 13.8 Å². The molecular formula is C14H23ClN2OS. The number of hydrogen-bond acceptors (Lipinski definition) is 3. The van der Waals surface area contributed by atoms with Gasteiger partial charge in [0.25, 0.3) is 5.91 Å². The molecule has 0 heterocycles. The van der Waals surface area contributed by atoms with Crippen LogP contribution in [0, 0.1) is 0 Å². The van der Waals surface area contributed by atoms with E-state index in [9.17, 15) is 4.79 Å². The number of nitrogens with one attached hydrogen (secondary N) is 1. The normalized spacial score (nSPS) is 11.8. The van der Waals surface area contributed by atoms with E-state index in [4.69, 9.17) is 5.73 Å². The van der Waals surface area contributed by atoms with Gasteiger partial charge in [0.2, 0.25) is 0 Å². The summed E-state index contributed by atoms with van der Waals surface area (Å²) in [6, 6.07) is 7.84. The summed E-state index contributed by atoms with van der Waals surface area (Å²) < 4.78 is 0. The van der Waals surface area contributed by atoms with E-state index < -0.39 is 0 Å². The fraction of sp³-hybridized carbons (Fsp3) is 0.500. The lowest BCUT2D eigenvalue weighted by Crippen LogP contribution is -2.28. The first-order chi connectivity index (χ1) is 8.49. The van der Waals surface area contributed by atoms with Gasteiger partial charge >= 0.3 is 0 Å². The summed E-state index contributed by atoms with van der Waals surface area (Å²) >= 11 is 1.79. The zero-order valence-electron chi connectivity index (χ0n) is 11.7. The molecule has 3 N–H and O–H groups in total. The van der Waals surface area contributed by atoms with Crippen LogP contribution in [0.2, 0.25) is 0 Å². The minimum Gasteiger partial charge on any atom is -0.352 e. The largest absolute Gasteiger partial charge is 0.352 e. The van der Waals surface area contributed by atoms with Gasteiger partial charge < -0.3 is 11.1 Å². The lowest BCUT2D eigenvalue weighted by atomic mass is 10.2. The first-order valence-electron chi connectivity index (χ1n) is 6.29. The van der Waals surface area contributed by atoms with Crippen molar-refractivity contribution in [3.05, 3.63) is 29.8 Å². The number of amides is 1. The zero-order valence-corrected chi connectivity index (χ0v) is 13.3. The number of rotatable bonds is 6. The van der Waals surface area contributed by atoms with Gasteiger partial charge in [0.15, 0.2) is 0 Å². The van der Waals surface area contributed by atoms with Crippen molar-refractivity contribution < 1.29 is 4.79 Å². The molecule has 0 fully saturated rings. The lowest BCUT2D eigenvalue weighted by molar-refractivity contribution is 0.0952. The molecule has 1 amide bonds. The molecule has 0 saturated heterocycles. The van der Waals surface area contributed by atoms with Crippen LogP contribution in [-0.2, 0) is 0 Å². The smallest absolute Gasteiger partial charge is 0.251 e. The van der Waals surface area contributed by atoms with E-state index in [1.807, 2.05) is 31.2 Å². The number of thioether (sulfide) groups is 1. The number of carbonyl (C=O) groups is 1. The molecule has 1 rings (SSSR count). The predicted molar refractivity (Wildman–Crippen MR) is 85.3 cm³/mol. The minimum absolute atomic E-state index is 0. The van der Waals surface area contributed by atoms with Crippen molar-refractivity contribution in [1.29, 1.82) is 0 Å². The van der Waals surface area contributed by atoms with E-state index in [0.29, 0.717) is 17.4 Å². The van der Waals surface area contributed by atoms with Crippen molar-refractivity contribution in [3.8, 4) is 0 Å². The number of hydrogen-bond donors (Lipinski definition) is 2. The number of carbonyl (C=O) groups excluding carboxylic acids is 1. The maximum Gasteiger partial charge on any atom is 0.251 e. The molecule has 0 aliphatic heterocycles. The van der Waals surface area contributed by atoms with Crippen molar-refractivity contribution in [2.24, 2.45) is 5.73 Å². The van der Waals surface area contributed by atoms with E-state index in [1.54, 1.807) is 11.8 Å². The Labute approximate surface area is 126 Å². The van der Waals surface area contributed by atoms with Crippen LogP contribution in [0.25, 0.3) is 0 Å². The van der Waals surface area contributed by atoms with Crippen LogP contribution in [-0.4, -0.2) is 23.7 Å². The van der Waals surface area contributed by atoms with Crippen LogP contribution in [0.5, 0.6) is 0 Å². The summed E-state index contributed by atoms with van der Waals surface area (Å²) in [6.45, 7) is 6.86. The van der Waals surface area contributed by atoms with Gasteiger partial charge in [-0.2, -0.15) is 0 Å². The summed E-state index contributed by atoms with van der Waals surface area (Å²) in [5.74, 6) is -0.0308. The Morgan fingerprint density at radius 2 is 1.84 bits per heavy atom. The van der Waals surface area contributed by atoms with E-state index in [-0.39, 0.29) is 24.4 Å². The Morgan fingerprint density at radius 3 is 2.32 bits per heavy atom. The second-order valence-corrected chi connectivity index (χ2v) is 6.36. The van der Waals surface area contributed by atoms with Gasteiger partial charge in [-0.3, -0.25) is 4.79 Å². The van der Waals surface area contributed by atoms with E-state index in [1.165, 1.54) is 4.90 Å². The SMILES string of the molecule is CC(N)CCNC(=O)c1ccc(SC(C)C)cc1.Cl. The fourth-order valence-electron chi connectivity index (χ4n) is 1.47. The van der Waals surface area contributed by atoms with E-state index >= 15 is 0 Å². The van der Waals surface area contributed by atoms with Crippen LogP contribution >= 0.6 is 24.2 Å². The summed E-state index contributed by atoms with van der Waals surface area (Å²) in [4.78, 5) is 13.0. The average Bonchev–Trinajstić information content (AvgIpc) is 2.28. The Hall–Kier alpha value is -0.710. The number of benzene rings is 1. The summed E-state index contributed by atoms with van der Waals surface area (Å²) in [7, 11) is 0. The molecule has 0 bridgehead atoms. The molecule has 0 saturated carbocycles. The Balaban J connectivity index is 0.00000324. The van der Waals surface area contributed by atoms with Crippen LogP contribution in [0.3, 0.4) is 0 Å². The van der Waals surface area contributed by atoms with Gasteiger partial charge in [0.1, 0.15) is 0 Å². The fourth-order valence-corrected chi connectivity index (χ4v) is 2.31. The molecule has 108 valence electrons. The predicted octanol–water partition coefficient (Wildman–Crippen LogP) is 3.08. The highest BCUT2D eigenvalue weighted by atomic mass is 35.5. The Bertz CT molecular complexity index is 380. The zero-order chi connectivity index (χ0) is 13.5. The average molecular weight is 303 g/mol. The monoisotopic (exact) mass is 302 g/mol. The second kappa shape index (κ2) is 9.23. The van der Waals surface area contributed by atoms with Crippen molar-refractivity contribution >= 4 is 30.1 Å². The Kier molecular flexibility index (Phi) is 8.89.